The molecule has 0 saturated carbocycles. The fourth-order valence-electron chi connectivity index (χ4n) is 3.02. The number of hydrogen-bond acceptors (Lipinski definition) is 3. The summed E-state index contributed by atoms with van der Waals surface area (Å²) >= 11 is 0. The molecule has 1 aliphatic rings. The molecular formula is C15H24N2O. The van der Waals surface area contributed by atoms with E-state index in [1.807, 2.05) is 0 Å². The van der Waals surface area contributed by atoms with E-state index in [9.17, 15) is 0 Å². The topological polar surface area (TPSA) is 24.5 Å². The van der Waals surface area contributed by atoms with Crippen molar-refractivity contribution < 1.29 is 4.74 Å². The SMILES string of the molecule is COCC1CNCCN1c1c(C)cc(C)cc1C. The molecule has 2 rings (SSSR count). The van der Waals surface area contributed by atoms with E-state index in [0.29, 0.717) is 6.04 Å². The Morgan fingerprint density at radius 3 is 2.56 bits per heavy atom. The van der Waals surface area contributed by atoms with Gasteiger partial charge in [-0.15, -0.1) is 0 Å². The van der Waals surface area contributed by atoms with Crippen molar-refractivity contribution in [3.63, 3.8) is 0 Å². The maximum Gasteiger partial charge on any atom is 0.0678 e. The normalized spacial score (nSPS) is 20.2. The molecule has 100 valence electrons. The molecule has 0 aliphatic carbocycles. The number of piperazine rings is 1. The largest absolute Gasteiger partial charge is 0.383 e. The van der Waals surface area contributed by atoms with E-state index in [-0.39, 0.29) is 0 Å². The summed E-state index contributed by atoms with van der Waals surface area (Å²) < 4.78 is 5.35. The van der Waals surface area contributed by atoms with Crippen molar-refractivity contribution >= 4 is 5.69 Å². The number of nitrogens with zero attached hydrogens (tertiary/aromatic N) is 1. The zero-order valence-electron chi connectivity index (χ0n) is 11.9. The zero-order valence-corrected chi connectivity index (χ0v) is 11.9. The quantitative estimate of drug-likeness (QED) is 0.886. The van der Waals surface area contributed by atoms with Crippen molar-refractivity contribution in [3.8, 4) is 0 Å². The predicted molar refractivity (Wildman–Crippen MR) is 76.5 cm³/mol. The van der Waals surface area contributed by atoms with E-state index in [1.165, 1.54) is 22.4 Å². The molecule has 1 aliphatic heterocycles. The van der Waals surface area contributed by atoms with Crippen LogP contribution >= 0.6 is 0 Å². The second-order valence-electron chi connectivity index (χ2n) is 5.25. The molecule has 18 heavy (non-hydrogen) atoms. The average Bonchev–Trinajstić information content (AvgIpc) is 2.30. The van der Waals surface area contributed by atoms with Crippen molar-refractivity contribution in [1.82, 2.24) is 5.32 Å². The third-order valence-electron chi connectivity index (χ3n) is 3.63. The van der Waals surface area contributed by atoms with Gasteiger partial charge in [0, 0.05) is 32.4 Å². The minimum absolute atomic E-state index is 0.434. The smallest absolute Gasteiger partial charge is 0.0678 e. The van der Waals surface area contributed by atoms with Crippen LogP contribution in [-0.2, 0) is 4.74 Å². The van der Waals surface area contributed by atoms with Crippen molar-refractivity contribution in [1.29, 1.82) is 0 Å². The summed E-state index contributed by atoms with van der Waals surface area (Å²) in [6, 6.07) is 4.98. The van der Waals surface area contributed by atoms with Gasteiger partial charge in [0.05, 0.1) is 12.6 Å². The first-order valence-corrected chi connectivity index (χ1v) is 6.67. The lowest BCUT2D eigenvalue weighted by Gasteiger charge is -2.39. The number of aryl methyl sites for hydroxylation is 3. The van der Waals surface area contributed by atoms with Crippen molar-refractivity contribution in [2.75, 3.05) is 38.3 Å². The third kappa shape index (κ3) is 2.68. The summed E-state index contributed by atoms with van der Waals surface area (Å²) in [5.41, 5.74) is 5.47. The third-order valence-corrected chi connectivity index (χ3v) is 3.63. The standard InChI is InChI=1S/C15H24N2O/c1-11-7-12(2)15(13(3)8-11)17-6-5-16-9-14(17)10-18-4/h7-8,14,16H,5-6,9-10H2,1-4H3. The number of hydrogen-bond donors (Lipinski definition) is 1. The van der Waals surface area contributed by atoms with Crippen LogP contribution in [0.4, 0.5) is 5.69 Å². The number of ether oxygens (including phenoxy) is 1. The molecular weight excluding hydrogens is 224 g/mol. The van der Waals surface area contributed by atoms with Crippen LogP contribution in [-0.4, -0.2) is 39.4 Å². The van der Waals surface area contributed by atoms with E-state index in [4.69, 9.17) is 4.74 Å². The van der Waals surface area contributed by atoms with Gasteiger partial charge in [-0.25, -0.2) is 0 Å². The molecule has 1 heterocycles. The molecule has 0 aromatic heterocycles. The molecule has 1 atom stereocenters. The van der Waals surface area contributed by atoms with E-state index in [2.05, 4.69) is 43.1 Å². The Balaban J connectivity index is 2.33. The molecule has 3 nitrogen and oxygen atoms in total. The highest BCUT2D eigenvalue weighted by atomic mass is 16.5. The fraction of sp³-hybridized carbons (Fsp3) is 0.600. The minimum Gasteiger partial charge on any atom is -0.383 e. The van der Waals surface area contributed by atoms with E-state index >= 15 is 0 Å². The Morgan fingerprint density at radius 1 is 1.28 bits per heavy atom. The highest BCUT2D eigenvalue weighted by molar-refractivity contribution is 5.61. The Kier molecular flexibility index (Phi) is 4.25. The zero-order chi connectivity index (χ0) is 13.1. The first kappa shape index (κ1) is 13.4. The molecule has 1 saturated heterocycles. The van der Waals surface area contributed by atoms with Crippen LogP contribution in [0.2, 0.25) is 0 Å². The lowest BCUT2D eigenvalue weighted by molar-refractivity contribution is 0.170. The summed E-state index contributed by atoms with van der Waals surface area (Å²) in [5, 5.41) is 3.45. The van der Waals surface area contributed by atoms with Crippen LogP contribution < -0.4 is 10.2 Å². The Morgan fingerprint density at radius 2 is 1.94 bits per heavy atom. The van der Waals surface area contributed by atoms with Crippen LogP contribution in [0.5, 0.6) is 0 Å². The van der Waals surface area contributed by atoms with Crippen LogP contribution in [0.3, 0.4) is 0 Å². The lowest BCUT2D eigenvalue weighted by atomic mass is 10.0. The number of anilines is 1. The first-order chi connectivity index (χ1) is 8.63. The predicted octanol–water partition coefficient (Wildman–Crippen LogP) is 2.04. The maximum absolute atomic E-state index is 5.35. The highest BCUT2D eigenvalue weighted by Gasteiger charge is 2.24. The van der Waals surface area contributed by atoms with Gasteiger partial charge in [-0.2, -0.15) is 0 Å². The minimum atomic E-state index is 0.434. The van der Waals surface area contributed by atoms with Crippen LogP contribution in [0.1, 0.15) is 16.7 Å². The number of benzene rings is 1. The average molecular weight is 248 g/mol. The monoisotopic (exact) mass is 248 g/mol. The van der Waals surface area contributed by atoms with Crippen LogP contribution in [0, 0.1) is 20.8 Å². The summed E-state index contributed by atoms with van der Waals surface area (Å²) in [6.45, 7) is 10.5. The molecule has 0 amide bonds. The molecule has 1 aromatic carbocycles. The molecule has 1 aromatic rings. The van der Waals surface area contributed by atoms with Crippen LogP contribution in [0.25, 0.3) is 0 Å². The van der Waals surface area contributed by atoms with Gasteiger partial charge >= 0.3 is 0 Å². The van der Waals surface area contributed by atoms with Gasteiger partial charge in [-0.05, 0) is 31.9 Å². The Labute approximate surface area is 110 Å². The first-order valence-electron chi connectivity index (χ1n) is 6.67. The lowest BCUT2D eigenvalue weighted by Crippen LogP contribution is -2.53. The summed E-state index contributed by atoms with van der Waals surface area (Å²) in [4.78, 5) is 2.50. The molecule has 0 bridgehead atoms. The maximum atomic E-state index is 5.35. The Hall–Kier alpha value is -1.06. The fourth-order valence-corrected chi connectivity index (χ4v) is 3.02. The van der Waals surface area contributed by atoms with Gasteiger partial charge < -0.3 is 15.0 Å². The molecule has 0 radical (unpaired) electrons. The number of methoxy groups -OCH3 is 1. The van der Waals surface area contributed by atoms with Crippen molar-refractivity contribution in [3.05, 3.63) is 28.8 Å². The highest BCUT2D eigenvalue weighted by Crippen LogP contribution is 2.28. The summed E-state index contributed by atoms with van der Waals surface area (Å²) in [5.74, 6) is 0. The molecule has 1 unspecified atom stereocenters. The van der Waals surface area contributed by atoms with E-state index in [0.717, 1.165) is 26.2 Å². The van der Waals surface area contributed by atoms with Crippen molar-refractivity contribution in [2.45, 2.75) is 26.8 Å². The number of rotatable bonds is 3. The molecule has 0 spiro atoms. The van der Waals surface area contributed by atoms with Gasteiger partial charge in [0.25, 0.3) is 0 Å². The molecule has 3 heteroatoms. The second-order valence-corrected chi connectivity index (χ2v) is 5.25. The Bertz CT molecular complexity index is 392. The van der Waals surface area contributed by atoms with Crippen LogP contribution in [0.15, 0.2) is 12.1 Å². The van der Waals surface area contributed by atoms with Gasteiger partial charge in [-0.1, -0.05) is 17.7 Å². The molecule has 1 fully saturated rings. The van der Waals surface area contributed by atoms with Gasteiger partial charge in [0.2, 0.25) is 0 Å². The molecule has 1 N–H and O–H groups in total. The summed E-state index contributed by atoms with van der Waals surface area (Å²) in [6.07, 6.45) is 0. The van der Waals surface area contributed by atoms with Crippen molar-refractivity contribution in [2.24, 2.45) is 0 Å². The van der Waals surface area contributed by atoms with Gasteiger partial charge in [-0.3, -0.25) is 0 Å². The van der Waals surface area contributed by atoms with Gasteiger partial charge in [0.15, 0.2) is 0 Å². The van der Waals surface area contributed by atoms with E-state index in [1.54, 1.807) is 7.11 Å². The van der Waals surface area contributed by atoms with Gasteiger partial charge in [0.1, 0.15) is 0 Å². The summed E-state index contributed by atoms with van der Waals surface area (Å²) in [7, 11) is 1.78. The number of nitrogens with one attached hydrogen (secondary N) is 1. The van der Waals surface area contributed by atoms with E-state index < -0.39 is 0 Å². The second kappa shape index (κ2) is 5.72.